The molecule has 2 aromatic rings. The second kappa shape index (κ2) is 4.05. The van der Waals surface area contributed by atoms with E-state index < -0.39 is 5.79 Å². The van der Waals surface area contributed by atoms with E-state index in [1.54, 1.807) is 0 Å². The van der Waals surface area contributed by atoms with E-state index >= 15 is 0 Å². The Morgan fingerprint density at radius 3 is 2.63 bits per heavy atom. The Morgan fingerprint density at radius 2 is 1.95 bits per heavy atom. The van der Waals surface area contributed by atoms with Crippen LogP contribution >= 0.6 is 0 Å². The fraction of sp³-hybridized carbons (Fsp3) is 0.533. The van der Waals surface area contributed by atoms with Gasteiger partial charge in [0.05, 0.1) is 23.2 Å². The number of imidazole rings is 1. The number of aromatic nitrogens is 2. The van der Waals surface area contributed by atoms with Crippen LogP contribution in [0.4, 0.5) is 0 Å². The van der Waals surface area contributed by atoms with Gasteiger partial charge in [-0.15, -0.1) is 0 Å². The number of para-hydroxylation sites is 2. The molecule has 0 radical (unpaired) electrons. The number of nitrogens with zero attached hydrogens (tertiary/aromatic N) is 2. The number of hydrogen-bond donors (Lipinski definition) is 0. The molecule has 1 unspecified atom stereocenters. The molecule has 0 bridgehead atoms. The van der Waals surface area contributed by atoms with E-state index in [0.29, 0.717) is 6.61 Å². The van der Waals surface area contributed by atoms with Crippen molar-refractivity contribution >= 4 is 11.0 Å². The maximum atomic E-state index is 6.15. The Balaban J connectivity index is 2.10. The van der Waals surface area contributed by atoms with Crippen LogP contribution in [0, 0.1) is 0 Å². The Morgan fingerprint density at radius 1 is 1.21 bits per heavy atom. The lowest BCUT2D eigenvalue weighted by Crippen LogP contribution is -2.46. The Bertz CT molecular complexity index is 618. The topological polar surface area (TPSA) is 36.3 Å². The summed E-state index contributed by atoms with van der Waals surface area (Å²) in [5.74, 6) is 0.0386. The monoisotopic (exact) mass is 260 g/mol. The lowest BCUT2D eigenvalue weighted by molar-refractivity contribution is -0.323. The average Bonchev–Trinajstić information content (AvgIpc) is 2.67. The summed E-state index contributed by atoms with van der Waals surface area (Å²) in [5.41, 5.74) is 1.87. The zero-order chi connectivity index (χ0) is 13.7. The molecule has 1 saturated heterocycles. The predicted octanol–water partition coefficient (Wildman–Crippen LogP) is 2.96. The van der Waals surface area contributed by atoms with Gasteiger partial charge in [0.2, 0.25) is 5.79 Å². The molecule has 0 saturated carbocycles. The zero-order valence-electron chi connectivity index (χ0n) is 11.9. The molecule has 0 amide bonds. The van der Waals surface area contributed by atoms with Crippen LogP contribution in [0.3, 0.4) is 0 Å². The minimum Gasteiger partial charge on any atom is -0.344 e. The summed E-state index contributed by atoms with van der Waals surface area (Å²) in [5, 5.41) is 0. The van der Waals surface area contributed by atoms with Crippen molar-refractivity contribution in [1.29, 1.82) is 0 Å². The molecule has 1 fully saturated rings. The van der Waals surface area contributed by atoms with Crippen molar-refractivity contribution in [2.45, 2.75) is 38.6 Å². The molecule has 1 atom stereocenters. The molecule has 1 aromatic heterocycles. The average molecular weight is 260 g/mol. The van der Waals surface area contributed by atoms with Gasteiger partial charge < -0.3 is 14.0 Å². The highest BCUT2D eigenvalue weighted by molar-refractivity contribution is 5.75. The molecule has 19 heavy (non-hydrogen) atoms. The van der Waals surface area contributed by atoms with E-state index in [1.807, 2.05) is 32.2 Å². The molecule has 1 aliphatic rings. The highest BCUT2D eigenvalue weighted by atomic mass is 16.7. The van der Waals surface area contributed by atoms with Crippen LogP contribution in [-0.4, -0.2) is 21.8 Å². The van der Waals surface area contributed by atoms with Crippen molar-refractivity contribution in [1.82, 2.24) is 9.55 Å². The highest BCUT2D eigenvalue weighted by Gasteiger charge is 2.43. The molecule has 0 spiro atoms. The number of aryl methyl sites for hydroxylation is 1. The summed E-state index contributed by atoms with van der Waals surface area (Å²) < 4.78 is 14.1. The summed E-state index contributed by atoms with van der Waals surface area (Å²) in [6, 6.07) is 8.08. The van der Waals surface area contributed by atoms with Crippen molar-refractivity contribution in [3.63, 3.8) is 0 Å². The van der Waals surface area contributed by atoms with E-state index in [9.17, 15) is 0 Å². The molecule has 0 N–H and O–H groups in total. The van der Waals surface area contributed by atoms with E-state index in [1.165, 1.54) is 0 Å². The van der Waals surface area contributed by atoms with Gasteiger partial charge >= 0.3 is 0 Å². The van der Waals surface area contributed by atoms with Crippen LogP contribution < -0.4 is 0 Å². The van der Waals surface area contributed by atoms with E-state index in [4.69, 9.17) is 9.47 Å². The van der Waals surface area contributed by atoms with E-state index in [0.717, 1.165) is 23.3 Å². The quantitative estimate of drug-likeness (QED) is 0.791. The normalized spacial score (nSPS) is 26.7. The number of fused-ring (bicyclic) bond motifs is 1. The van der Waals surface area contributed by atoms with Gasteiger partial charge in [-0.1, -0.05) is 12.1 Å². The van der Waals surface area contributed by atoms with Crippen molar-refractivity contribution in [2.24, 2.45) is 7.05 Å². The number of rotatable bonds is 1. The first kappa shape index (κ1) is 12.6. The molecule has 0 aliphatic carbocycles. The Kier molecular flexibility index (Phi) is 2.69. The Hall–Kier alpha value is -1.39. The van der Waals surface area contributed by atoms with Crippen molar-refractivity contribution in [3.05, 3.63) is 30.1 Å². The van der Waals surface area contributed by atoms with Gasteiger partial charge in [-0.05, 0) is 39.3 Å². The minimum absolute atomic E-state index is 0.189. The predicted molar refractivity (Wildman–Crippen MR) is 73.8 cm³/mol. The van der Waals surface area contributed by atoms with Gasteiger partial charge in [0.1, 0.15) is 0 Å². The van der Waals surface area contributed by atoms with Gasteiger partial charge in [-0.2, -0.15) is 0 Å². The smallest absolute Gasteiger partial charge is 0.226 e. The summed E-state index contributed by atoms with van der Waals surface area (Å²) in [6.45, 7) is 6.83. The second-order valence-electron chi connectivity index (χ2n) is 5.89. The molecular formula is C15H20N2O2. The Labute approximate surface area is 113 Å². The molecule has 4 nitrogen and oxygen atoms in total. The third-order valence-corrected chi connectivity index (χ3v) is 3.75. The highest BCUT2D eigenvalue weighted by Crippen LogP contribution is 2.37. The molecule has 1 aliphatic heterocycles. The fourth-order valence-electron chi connectivity index (χ4n) is 2.76. The molecule has 2 heterocycles. The fourth-order valence-corrected chi connectivity index (χ4v) is 2.76. The SMILES string of the molecule is Cn1c(C2(C)OCCC(C)(C)O2)nc2ccccc21. The first-order chi connectivity index (χ1) is 8.91. The minimum atomic E-state index is -0.782. The van der Waals surface area contributed by atoms with Crippen LogP contribution in [0.15, 0.2) is 24.3 Å². The summed E-state index contributed by atoms with van der Waals surface area (Å²) >= 11 is 0. The number of ether oxygens (including phenoxy) is 2. The number of hydrogen-bond acceptors (Lipinski definition) is 3. The zero-order valence-corrected chi connectivity index (χ0v) is 11.9. The largest absolute Gasteiger partial charge is 0.344 e. The maximum absolute atomic E-state index is 6.15. The van der Waals surface area contributed by atoms with Gasteiger partial charge in [0.15, 0.2) is 5.82 Å². The van der Waals surface area contributed by atoms with Gasteiger partial charge in [-0.25, -0.2) is 4.98 Å². The van der Waals surface area contributed by atoms with Crippen molar-refractivity contribution < 1.29 is 9.47 Å². The lowest BCUT2D eigenvalue weighted by Gasteiger charge is -2.42. The van der Waals surface area contributed by atoms with Gasteiger partial charge in [0, 0.05) is 7.05 Å². The van der Waals surface area contributed by atoms with Crippen LogP contribution in [0.25, 0.3) is 11.0 Å². The first-order valence-electron chi connectivity index (χ1n) is 6.67. The maximum Gasteiger partial charge on any atom is 0.226 e. The number of benzene rings is 1. The lowest BCUT2D eigenvalue weighted by atomic mass is 10.0. The van der Waals surface area contributed by atoms with Gasteiger partial charge in [-0.3, -0.25) is 0 Å². The summed E-state index contributed by atoms with van der Waals surface area (Å²) in [4.78, 5) is 4.69. The molecule has 3 rings (SSSR count). The van der Waals surface area contributed by atoms with Crippen LogP contribution in [0.2, 0.25) is 0 Å². The summed E-state index contributed by atoms with van der Waals surface area (Å²) in [7, 11) is 2.00. The second-order valence-corrected chi connectivity index (χ2v) is 5.89. The van der Waals surface area contributed by atoms with E-state index in [2.05, 4.69) is 29.5 Å². The van der Waals surface area contributed by atoms with Crippen molar-refractivity contribution in [3.8, 4) is 0 Å². The first-order valence-corrected chi connectivity index (χ1v) is 6.67. The third kappa shape index (κ3) is 2.05. The van der Waals surface area contributed by atoms with Gasteiger partial charge in [0.25, 0.3) is 0 Å². The summed E-state index contributed by atoms with van der Waals surface area (Å²) in [6.07, 6.45) is 0.895. The molecular weight excluding hydrogens is 240 g/mol. The van der Waals surface area contributed by atoms with Crippen molar-refractivity contribution in [2.75, 3.05) is 6.61 Å². The standard InChI is InChI=1S/C15H20N2O2/c1-14(2)9-10-18-15(3,19-14)13-16-11-7-5-6-8-12(11)17(13)4/h5-8H,9-10H2,1-4H3. The molecule has 102 valence electrons. The van der Waals surface area contributed by atoms with Crippen LogP contribution in [0.1, 0.15) is 33.0 Å². The third-order valence-electron chi connectivity index (χ3n) is 3.75. The van der Waals surface area contributed by atoms with E-state index in [-0.39, 0.29) is 5.60 Å². The van der Waals surface area contributed by atoms with Crippen LogP contribution in [-0.2, 0) is 22.3 Å². The van der Waals surface area contributed by atoms with Crippen LogP contribution in [0.5, 0.6) is 0 Å². The molecule has 1 aromatic carbocycles. The molecule has 4 heteroatoms.